The molecule has 0 amide bonds. The number of aromatic nitrogens is 4. The van der Waals surface area contributed by atoms with Crippen molar-refractivity contribution in [3.05, 3.63) is 34.7 Å². The SMILES string of the molecule is C[n+]1cccnc1-n1cncc1I. The van der Waals surface area contributed by atoms with Crippen LogP contribution in [-0.2, 0) is 7.05 Å². The van der Waals surface area contributed by atoms with E-state index in [1.165, 1.54) is 0 Å². The highest BCUT2D eigenvalue weighted by Crippen LogP contribution is 2.06. The zero-order valence-corrected chi connectivity index (χ0v) is 9.21. The highest BCUT2D eigenvalue weighted by atomic mass is 127. The average Bonchev–Trinajstić information content (AvgIpc) is 2.52. The predicted octanol–water partition coefficient (Wildman–Crippen LogP) is 0.696. The van der Waals surface area contributed by atoms with Crippen molar-refractivity contribution in [1.29, 1.82) is 0 Å². The van der Waals surface area contributed by atoms with Crippen molar-refractivity contribution in [2.45, 2.75) is 0 Å². The van der Waals surface area contributed by atoms with Crippen LogP contribution >= 0.6 is 22.6 Å². The zero-order valence-electron chi connectivity index (χ0n) is 7.05. The third-order valence-corrected chi connectivity index (χ3v) is 2.51. The van der Waals surface area contributed by atoms with Gasteiger partial charge in [-0.15, -0.1) is 0 Å². The number of nitrogens with zero attached hydrogens (tertiary/aromatic N) is 4. The lowest BCUT2D eigenvalue weighted by atomic mass is 10.6. The Kier molecular flexibility index (Phi) is 2.26. The summed E-state index contributed by atoms with van der Waals surface area (Å²) in [5.41, 5.74) is 0. The number of hydrogen-bond acceptors (Lipinski definition) is 2. The Hall–Kier alpha value is -0.980. The summed E-state index contributed by atoms with van der Waals surface area (Å²) in [6.07, 6.45) is 7.28. The summed E-state index contributed by atoms with van der Waals surface area (Å²) in [6.45, 7) is 0. The average molecular weight is 287 g/mol. The van der Waals surface area contributed by atoms with Gasteiger partial charge in [-0.1, -0.05) is 4.98 Å². The minimum atomic E-state index is 0.865. The normalized spacial score (nSPS) is 10.3. The maximum absolute atomic E-state index is 4.26. The summed E-state index contributed by atoms with van der Waals surface area (Å²) in [6, 6.07) is 1.90. The molecule has 0 bridgehead atoms. The summed E-state index contributed by atoms with van der Waals surface area (Å²) in [5.74, 6) is 0.865. The monoisotopic (exact) mass is 287 g/mol. The van der Waals surface area contributed by atoms with Crippen molar-refractivity contribution < 1.29 is 4.57 Å². The summed E-state index contributed by atoms with van der Waals surface area (Å²) >= 11 is 2.22. The second-order valence-corrected chi connectivity index (χ2v) is 3.72. The van der Waals surface area contributed by atoms with Gasteiger partial charge in [-0.3, -0.25) is 0 Å². The van der Waals surface area contributed by atoms with E-state index in [0.717, 1.165) is 9.65 Å². The fraction of sp³-hybridized carbons (Fsp3) is 0.125. The van der Waals surface area contributed by atoms with Crippen molar-refractivity contribution in [3.63, 3.8) is 0 Å². The van der Waals surface area contributed by atoms with Gasteiger partial charge >= 0.3 is 5.95 Å². The van der Waals surface area contributed by atoms with Crippen LogP contribution < -0.4 is 4.57 Å². The van der Waals surface area contributed by atoms with Gasteiger partial charge in [0.25, 0.3) is 0 Å². The van der Waals surface area contributed by atoms with Gasteiger partial charge in [-0.05, 0) is 22.6 Å². The molecular weight excluding hydrogens is 279 g/mol. The quantitative estimate of drug-likeness (QED) is 0.571. The van der Waals surface area contributed by atoms with Gasteiger partial charge in [0, 0.05) is 6.07 Å². The molecule has 2 rings (SSSR count). The Bertz CT molecular complexity index is 424. The van der Waals surface area contributed by atoms with Crippen LogP contribution in [0.2, 0.25) is 0 Å². The molecule has 0 aliphatic heterocycles. The Morgan fingerprint density at radius 1 is 1.54 bits per heavy atom. The molecule has 0 N–H and O–H groups in total. The van der Waals surface area contributed by atoms with Crippen LogP contribution in [0.5, 0.6) is 0 Å². The molecule has 0 spiro atoms. The fourth-order valence-corrected chi connectivity index (χ4v) is 1.59. The van der Waals surface area contributed by atoms with Gasteiger partial charge in [0.05, 0.1) is 19.4 Å². The molecule has 0 aliphatic rings. The number of hydrogen-bond donors (Lipinski definition) is 0. The summed E-state index contributed by atoms with van der Waals surface area (Å²) in [4.78, 5) is 8.30. The van der Waals surface area contributed by atoms with Crippen molar-refractivity contribution in [2.75, 3.05) is 0 Å². The molecule has 2 aromatic rings. The lowest BCUT2D eigenvalue weighted by Crippen LogP contribution is -2.34. The molecule has 0 aromatic carbocycles. The summed E-state index contributed by atoms with van der Waals surface area (Å²) in [5, 5.41) is 0. The number of imidazole rings is 1. The topological polar surface area (TPSA) is 34.6 Å². The molecule has 4 nitrogen and oxygen atoms in total. The minimum absolute atomic E-state index is 0.865. The van der Waals surface area contributed by atoms with E-state index in [9.17, 15) is 0 Å². The third-order valence-electron chi connectivity index (χ3n) is 1.71. The highest BCUT2D eigenvalue weighted by Gasteiger charge is 2.13. The second-order valence-electron chi connectivity index (χ2n) is 2.62. The Labute approximate surface area is 89.4 Å². The van der Waals surface area contributed by atoms with E-state index in [-0.39, 0.29) is 0 Å². The van der Waals surface area contributed by atoms with Crippen LogP contribution in [0, 0.1) is 3.70 Å². The first kappa shape index (κ1) is 8.61. The van der Waals surface area contributed by atoms with Crippen molar-refractivity contribution in [2.24, 2.45) is 7.05 Å². The van der Waals surface area contributed by atoms with Crippen molar-refractivity contribution in [3.8, 4) is 5.95 Å². The van der Waals surface area contributed by atoms with E-state index in [1.54, 1.807) is 18.7 Å². The van der Waals surface area contributed by atoms with E-state index in [1.807, 2.05) is 28.4 Å². The highest BCUT2D eigenvalue weighted by molar-refractivity contribution is 14.1. The fourth-order valence-electron chi connectivity index (χ4n) is 1.09. The van der Waals surface area contributed by atoms with Gasteiger partial charge in [0.15, 0.2) is 10.0 Å². The molecule has 2 aromatic heterocycles. The van der Waals surface area contributed by atoms with Gasteiger partial charge < -0.3 is 0 Å². The summed E-state index contributed by atoms with van der Waals surface area (Å²) in [7, 11) is 1.96. The zero-order chi connectivity index (χ0) is 9.26. The second kappa shape index (κ2) is 3.41. The first-order valence-corrected chi connectivity index (χ1v) is 4.86. The largest absolute Gasteiger partial charge is 0.404 e. The lowest BCUT2D eigenvalue weighted by Gasteiger charge is -1.97. The molecule has 13 heavy (non-hydrogen) atoms. The minimum Gasteiger partial charge on any atom is -0.237 e. The summed E-state index contributed by atoms with van der Waals surface area (Å²) < 4.78 is 4.93. The molecular formula is C8H8IN4+. The standard InChI is InChI=1S/C8H8IN4/c1-12-4-2-3-11-8(12)13-6-10-5-7(13)9/h2-6H,1H3/q+1. The van der Waals surface area contributed by atoms with Gasteiger partial charge in [0.2, 0.25) is 0 Å². The maximum Gasteiger partial charge on any atom is 0.404 e. The molecule has 0 unspecified atom stereocenters. The van der Waals surface area contributed by atoms with Gasteiger partial charge in [0.1, 0.15) is 6.20 Å². The van der Waals surface area contributed by atoms with Crippen molar-refractivity contribution in [1.82, 2.24) is 14.5 Å². The van der Waals surface area contributed by atoms with E-state index < -0.39 is 0 Å². The first-order valence-electron chi connectivity index (χ1n) is 3.78. The molecule has 0 saturated heterocycles. The van der Waals surface area contributed by atoms with Crippen LogP contribution in [0.3, 0.4) is 0 Å². The maximum atomic E-state index is 4.26. The van der Waals surface area contributed by atoms with Gasteiger partial charge in [-0.2, -0.15) is 4.57 Å². The third kappa shape index (κ3) is 1.55. The number of rotatable bonds is 1. The van der Waals surface area contributed by atoms with Crippen LogP contribution in [0.15, 0.2) is 31.0 Å². The Balaban J connectivity index is 2.59. The number of aryl methyl sites for hydroxylation is 1. The van der Waals surface area contributed by atoms with Crippen LogP contribution in [-0.4, -0.2) is 14.5 Å². The van der Waals surface area contributed by atoms with E-state index >= 15 is 0 Å². The lowest BCUT2D eigenvalue weighted by molar-refractivity contribution is -0.668. The van der Waals surface area contributed by atoms with Crippen LogP contribution in [0.4, 0.5) is 0 Å². The molecule has 0 atom stereocenters. The van der Waals surface area contributed by atoms with E-state index in [2.05, 4.69) is 32.6 Å². The Morgan fingerprint density at radius 3 is 3.00 bits per heavy atom. The molecule has 0 radical (unpaired) electrons. The molecule has 0 fully saturated rings. The van der Waals surface area contributed by atoms with Crippen LogP contribution in [0.25, 0.3) is 5.95 Å². The first-order chi connectivity index (χ1) is 6.29. The smallest absolute Gasteiger partial charge is 0.237 e. The molecule has 66 valence electrons. The van der Waals surface area contributed by atoms with E-state index in [4.69, 9.17) is 0 Å². The molecule has 0 aliphatic carbocycles. The molecule has 0 saturated carbocycles. The number of halogens is 1. The molecule has 2 heterocycles. The Morgan fingerprint density at radius 2 is 2.38 bits per heavy atom. The van der Waals surface area contributed by atoms with Crippen LogP contribution in [0.1, 0.15) is 0 Å². The predicted molar refractivity (Wildman–Crippen MR) is 55.3 cm³/mol. The van der Waals surface area contributed by atoms with Crippen molar-refractivity contribution >= 4 is 22.6 Å². The van der Waals surface area contributed by atoms with E-state index in [0.29, 0.717) is 0 Å². The van der Waals surface area contributed by atoms with Gasteiger partial charge in [-0.25, -0.2) is 9.55 Å². The molecule has 5 heteroatoms.